The molecular formula is C53H36. The van der Waals surface area contributed by atoms with Gasteiger partial charge in [-0.15, -0.1) is 0 Å². The quantitative estimate of drug-likeness (QED) is 0.164. The number of hydrogen-bond acceptors (Lipinski definition) is 0. The molecule has 0 saturated heterocycles. The summed E-state index contributed by atoms with van der Waals surface area (Å²) in [5.74, 6) is 0.674. The van der Waals surface area contributed by atoms with Gasteiger partial charge in [-0.05, 0) is 122 Å². The molecule has 3 aliphatic carbocycles. The molecule has 2 unspecified atom stereocenters. The third-order valence-electron chi connectivity index (χ3n) is 13.0. The van der Waals surface area contributed by atoms with E-state index in [0.29, 0.717) is 11.8 Å². The normalized spacial score (nSPS) is 17.6. The second kappa shape index (κ2) is 10.4. The summed E-state index contributed by atoms with van der Waals surface area (Å²) >= 11 is 0. The molecule has 0 N–H and O–H groups in total. The summed E-state index contributed by atoms with van der Waals surface area (Å²) in [6.45, 7) is 4.80. The molecule has 0 heterocycles. The van der Waals surface area contributed by atoms with Gasteiger partial charge in [0, 0.05) is 17.3 Å². The van der Waals surface area contributed by atoms with Crippen molar-refractivity contribution < 1.29 is 0 Å². The highest BCUT2D eigenvalue weighted by Crippen LogP contribution is 2.52. The number of rotatable bonds is 3. The average Bonchev–Trinajstić information content (AvgIpc) is 3.43. The van der Waals surface area contributed by atoms with Crippen LogP contribution < -0.4 is 0 Å². The Labute approximate surface area is 309 Å². The Morgan fingerprint density at radius 2 is 0.981 bits per heavy atom. The standard InChI is InChI=1S/C53H36/c1-53(2)47-29-39(31-9-11-32(12-10-31)41-23-17-37-15-13-33-5-3-7-35-19-27-45(41)51(37)49(33)35)21-25-43(47)44-26-22-40(30-48(44)53)42-24-18-38-16-14-34-6-4-8-36-20-28-46(42)52(38)50(34)36/h3-30,41,45H,1-2H3. The number of fused-ring (bicyclic) bond motifs is 3. The van der Waals surface area contributed by atoms with Crippen LogP contribution in [0.2, 0.25) is 0 Å². The van der Waals surface area contributed by atoms with Crippen LogP contribution in [0.25, 0.3) is 88.6 Å². The van der Waals surface area contributed by atoms with E-state index in [0.717, 1.165) is 0 Å². The molecular weight excluding hydrogens is 637 g/mol. The molecule has 0 heteroatoms. The minimum atomic E-state index is -0.115. The Hall–Kier alpha value is -6.24. The fourth-order valence-electron chi connectivity index (χ4n) is 10.3. The van der Waals surface area contributed by atoms with Crippen LogP contribution in [0.4, 0.5) is 0 Å². The van der Waals surface area contributed by atoms with E-state index in [-0.39, 0.29) is 5.41 Å². The molecule has 0 aliphatic heterocycles. The van der Waals surface area contributed by atoms with E-state index in [2.05, 4.69) is 184 Å². The van der Waals surface area contributed by atoms with Gasteiger partial charge < -0.3 is 0 Å². The molecule has 53 heavy (non-hydrogen) atoms. The van der Waals surface area contributed by atoms with Gasteiger partial charge >= 0.3 is 0 Å². The molecule has 3 aliphatic rings. The number of benzene rings is 9. The van der Waals surface area contributed by atoms with E-state index in [4.69, 9.17) is 0 Å². The molecule has 0 radical (unpaired) electrons. The van der Waals surface area contributed by atoms with Crippen molar-refractivity contribution in [3.63, 3.8) is 0 Å². The van der Waals surface area contributed by atoms with Crippen LogP contribution in [0, 0.1) is 0 Å². The van der Waals surface area contributed by atoms with Crippen LogP contribution in [0.1, 0.15) is 59.1 Å². The van der Waals surface area contributed by atoms with Crippen LogP contribution in [0.15, 0.2) is 158 Å². The lowest BCUT2D eigenvalue weighted by Gasteiger charge is -2.32. The van der Waals surface area contributed by atoms with Gasteiger partial charge in [-0.3, -0.25) is 0 Å². The van der Waals surface area contributed by atoms with Crippen molar-refractivity contribution in [3.8, 4) is 33.4 Å². The zero-order chi connectivity index (χ0) is 35.0. The topological polar surface area (TPSA) is 0 Å². The van der Waals surface area contributed by atoms with Gasteiger partial charge in [0.15, 0.2) is 0 Å². The Balaban J connectivity index is 0.891. The summed E-state index contributed by atoms with van der Waals surface area (Å²) in [6, 6.07) is 55.4. The van der Waals surface area contributed by atoms with Crippen molar-refractivity contribution in [1.29, 1.82) is 0 Å². The van der Waals surface area contributed by atoms with Crippen molar-refractivity contribution in [1.82, 2.24) is 0 Å². The smallest absolute Gasteiger partial charge is 0.0159 e. The Morgan fingerprint density at radius 3 is 1.77 bits per heavy atom. The lowest BCUT2D eigenvalue weighted by molar-refractivity contribution is 0.661. The van der Waals surface area contributed by atoms with Gasteiger partial charge in [0.25, 0.3) is 0 Å². The largest absolute Gasteiger partial charge is 0.0755 e. The molecule has 0 fully saturated rings. The van der Waals surface area contributed by atoms with E-state index >= 15 is 0 Å². The molecule has 0 nitrogen and oxygen atoms in total. The van der Waals surface area contributed by atoms with Crippen LogP contribution in [0.5, 0.6) is 0 Å². The fourth-order valence-corrected chi connectivity index (χ4v) is 10.3. The maximum atomic E-state index is 2.47. The van der Waals surface area contributed by atoms with Crippen molar-refractivity contribution >= 4 is 55.2 Å². The molecule has 2 atom stereocenters. The molecule has 12 rings (SSSR count). The lowest BCUT2D eigenvalue weighted by atomic mass is 9.71. The summed E-state index contributed by atoms with van der Waals surface area (Å²) < 4.78 is 0. The lowest BCUT2D eigenvalue weighted by Crippen LogP contribution is -2.15. The fraction of sp³-hybridized carbons (Fsp3) is 0.0943. The van der Waals surface area contributed by atoms with E-state index in [9.17, 15) is 0 Å². The molecule has 248 valence electrons. The SMILES string of the molecule is CC1(C)c2cc(-c3ccc(C4C=Cc5ccc6cccc7c6c5C4C=C7)cc3)ccc2-c2ccc(-c3ccc4ccc5cccc6ccc3c4c56)cc21. The maximum Gasteiger partial charge on any atom is 0.0159 e. The van der Waals surface area contributed by atoms with E-state index < -0.39 is 0 Å². The summed E-state index contributed by atoms with van der Waals surface area (Å²) in [5, 5.41) is 10.8. The highest BCUT2D eigenvalue weighted by atomic mass is 14.4. The predicted octanol–water partition coefficient (Wildman–Crippen LogP) is 14.3. The van der Waals surface area contributed by atoms with Crippen molar-refractivity contribution in [2.24, 2.45) is 0 Å². The monoisotopic (exact) mass is 672 g/mol. The molecule has 9 aromatic carbocycles. The zero-order valence-corrected chi connectivity index (χ0v) is 29.8. The minimum Gasteiger partial charge on any atom is -0.0755 e. The maximum absolute atomic E-state index is 2.47. The zero-order valence-electron chi connectivity index (χ0n) is 29.8. The molecule has 0 spiro atoms. The third-order valence-corrected chi connectivity index (χ3v) is 13.0. The second-order valence-electron chi connectivity index (χ2n) is 16.0. The highest BCUT2D eigenvalue weighted by molar-refractivity contribution is 6.25. The van der Waals surface area contributed by atoms with Crippen LogP contribution in [-0.2, 0) is 5.41 Å². The van der Waals surface area contributed by atoms with E-state index in [1.54, 1.807) is 0 Å². The first-order valence-electron chi connectivity index (χ1n) is 19.0. The van der Waals surface area contributed by atoms with Gasteiger partial charge in [0.1, 0.15) is 0 Å². The van der Waals surface area contributed by atoms with Gasteiger partial charge in [-0.2, -0.15) is 0 Å². The van der Waals surface area contributed by atoms with Crippen LogP contribution in [-0.4, -0.2) is 0 Å². The molecule has 0 bridgehead atoms. The average molecular weight is 673 g/mol. The van der Waals surface area contributed by atoms with Crippen molar-refractivity contribution in [3.05, 3.63) is 191 Å². The summed E-state index contributed by atoms with van der Waals surface area (Å²) in [4.78, 5) is 0. The van der Waals surface area contributed by atoms with Gasteiger partial charge in [0.2, 0.25) is 0 Å². The summed E-state index contributed by atoms with van der Waals surface area (Å²) in [7, 11) is 0. The third kappa shape index (κ3) is 4.01. The Bertz CT molecular complexity index is 3060. The van der Waals surface area contributed by atoms with Crippen molar-refractivity contribution in [2.45, 2.75) is 31.1 Å². The summed E-state index contributed by atoms with van der Waals surface area (Å²) in [5.41, 5.74) is 16.1. The van der Waals surface area contributed by atoms with Crippen molar-refractivity contribution in [2.75, 3.05) is 0 Å². The molecule has 9 aromatic rings. The minimum absolute atomic E-state index is 0.115. The molecule has 0 amide bonds. The van der Waals surface area contributed by atoms with E-state index in [1.807, 2.05) is 0 Å². The first-order valence-corrected chi connectivity index (χ1v) is 19.0. The van der Waals surface area contributed by atoms with Gasteiger partial charge in [-0.25, -0.2) is 0 Å². The summed E-state index contributed by atoms with van der Waals surface area (Å²) in [6.07, 6.45) is 9.52. The first kappa shape index (κ1) is 29.3. The first-order chi connectivity index (χ1) is 26.0. The number of hydrogen-bond donors (Lipinski definition) is 0. The molecule has 0 aromatic heterocycles. The Kier molecular flexibility index (Phi) is 5.77. The van der Waals surface area contributed by atoms with Crippen LogP contribution in [0.3, 0.4) is 0 Å². The highest BCUT2D eigenvalue weighted by Gasteiger charge is 2.36. The number of allylic oxidation sites excluding steroid dienone is 2. The van der Waals surface area contributed by atoms with E-state index in [1.165, 1.54) is 110 Å². The Morgan fingerprint density at radius 1 is 0.415 bits per heavy atom. The van der Waals surface area contributed by atoms with Gasteiger partial charge in [-0.1, -0.05) is 172 Å². The predicted molar refractivity (Wildman–Crippen MR) is 226 cm³/mol. The second-order valence-corrected chi connectivity index (χ2v) is 16.0. The molecule has 0 saturated carbocycles. The van der Waals surface area contributed by atoms with Crippen LogP contribution >= 0.6 is 0 Å². The van der Waals surface area contributed by atoms with Gasteiger partial charge in [0.05, 0.1) is 0 Å².